The Bertz CT molecular complexity index is 1230. The van der Waals surface area contributed by atoms with Crippen molar-refractivity contribution in [1.82, 2.24) is 5.32 Å². The molecule has 0 bridgehead atoms. The van der Waals surface area contributed by atoms with Gasteiger partial charge in [0.1, 0.15) is 11.5 Å². The van der Waals surface area contributed by atoms with Crippen LogP contribution in [0.15, 0.2) is 95.2 Å². The van der Waals surface area contributed by atoms with Gasteiger partial charge in [-0.15, -0.1) is 0 Å². The fourth-order valence-electron chi connectivity index (χ4n) is 3.18. The van der Waals surface area contributed by atoms with Gasteiger partial charge in [-0.3, -0.25) is 9.59 Å². The molecule has 0 radical (unpaired) electrons. The van der Waals surface area contributed by atoms with Gasteiger partial charge in [0.2, 0.25) is 0 Å². The van der Waals surface area contributed by atoms with Crippen LogP contribution in [0.25, 0.3) is 16.8 Å². The Hall–Kier alpha value is -4.12. The maximum Gasteiger partial charge on any atom is 0.272 e. The Labute approximate surface area is 174 Å². The van der Waals surface area contributed by atoms with Gasteiger partial charge in [-0.25, -0.2) is 0 Å². The number of carbonyl (C=O) groups is 2. The fraction of sp³-hybridized carbons (Fsp3) is 0.0400. The average molecular weight is 396 g/mol. The molecule has 2 N–H and O–H groups in total. The molecule has 4 aromatic rings. The quantitative estimate of drug-likeness (QED) is 0.458. The Balaban J connectivity index is 1.64. The average Bonchev–Trinajstić information content (AvgIpc) is 3.26. The SMILES string of the molecule is Cc1cccc(C(=O)N/C(=C\c2ccco2)C(=O)Nc2cccc3ccccc23)c1. The lowest BCUT2D eigenvalue weighted by Gasteiger charge is -2.12. The van der Waals surface area contributed by atoms with Crippen molar-refractivity contribution < 1.29 is 14.0 Å². The minimum atomic E-state index is -0.441. The molecular formula is C25H20N2O3. The van der Waals surface area contributed by atoms with Gasteiger partial charge in [-0.05, 0) is 42.6 Å². The number of nitrogens with one attached hydrogen (secondary N) is 2. The van der Waals surface area contributed by atoms with Crippen molar-refractivity contribution in [2.45, 2.75) is 6.92 Å². The number of benzene rings is 3. The lowest BCUT2D eigenvalue weighted by molar-refractivity contribution is -0.113. The summed E-state index contributed by atoms with van der Waals surface area (Å²) in [4.78, 5) is 25.8. The van der Waals surface area contributed by atoms with Crippen LogP contribution < -0.4 is 10.6 Å². The molecule has 0 saturated heterocycles. The minimum Gasteiger partial charge on any atom is -0.465 e. The lowest BCUT2D eigenvalue weighted by Crippen LogP contribution is -2.30. The third-order valence-corrected chi connectivity index (χ3v) is 4.64. The van der Waals surface area contributed by atoms with Crippen molar-refractivity contribution in [3.63, 3.8) is 0 Å². The normalized spacial score (nSPS) is 11.3. The van der Waals surface area contributed by atoms with E-state index in [9.17, 15) is 9.59 Å². The maximum absolute atomic E-state index is 13.1. The van der Waals surface area contributed by atoms with Crippen LogP contribution >= 0.6 is 0 Å². The highest BCUT2D eigenvalue weighted by molar-refractivity contribution is 6.13. The van der Waals surface area contributed by atoms with Crippen LogP contribution in [0.3, 0.4) is 0 Å². The van der Waals surface area contributed by atoms with Crippen LogP contribution in [0.1, 0.15) is 21.7 Å². The molecule has 0 aliphatic heterocycles. The second-order valence-corrected chi connectivity index (χ2v) is 6.88. The van der Waals surface area contributed by atoms with Crippen molar-refractivity contribution in [1.29, 1.82) is 0 Å². The Kier molecular flexibility index (Phi) is 5.44. The van der Waals surface area contributed by atoms with E-state index in [2.05, 4.69) is 10.6 Å². The third kappa shape index (κ3) is 4.31. The van der Waals surface area contributed by atoms with E-state index in [1.165, 1.54) is 12.3 Å². The molecule has 1 heterocycles. The second-order valence-electron chi connectivity index (χ2n) is 6.88. The zero-order valence-electron chi connectivity index (χ0n) is 16.4. The number of carbonyl (C=O) groups excluding carboxylic acids is 2. The summed E-state index contributed by atoms with van der Waals surface area (Å²) in [5, 5.41) is 7.54. The predicted octanol–water partition coefficient (Wildman–Crippen LogP) is 5.15. The molecule has 0 unspecified atom stereocenters. The molecule has 0 saturated carbocycles. The van der Waals surface area contributed by atoms with Crippen LogP contribution in [-0.4, -0.2) is 11.8 Å². The molecule has 30 heavy (non-hydrogen) atoms. The summed E-state index contributed by atoms with van der Waals surface area (Å²) in [5.41, 5.74) is 2.18. The highest BCUT2D eigenvalue weighted by Crippen LogP contribution is 2.23. The van der Waals surface area contributed by atoms with Crippen LogP contribution in [0.2, 0.25) is 0 Å². The predicted molar refractivity (Wildman–Crippen MR) is 118 cm³/mol. The largest absolute Gasteiger partial charge is 0.465 e. The summed E-state index contributed by atoms with van der Waals surface area (Å²) in [6, 6.07) is 24.1. The molecule has 0 aliphatic carbocycles. The summed E-state index contributed by atoms with van der Waals surface area (Å²) in [5.74, 6) is -0.351. The first-order valence-electron chi connectivity index (χ1n) is 9.52. The molecule has 148 valence electrons. The highest BCUT2D eigenvalue weighted by atomic mass is 16.3. The van der Waals surface area contributed by atoms with Gasteiger partial charge >= 0.3 is 0 Å². The number of amides is 2. The number of rotatable bonds is 5. The van der Waals surface area contributed by atoms with E-state index in [-0.39, 0.29) is 11.6 Å². The van der Waals surface area contributed by atoms with Gasteiger partial charge in [-0.2, -0.15) is 0 Å². The van der Waals surface area contributed by atoms with Crippen LogP contribution in [0.4, 0.5) is 5.69 Å². The first-order chi connectivity index (χ1) is 14.6. The van der Waals surface area contributed by atoms with Crippen molar-refractivity contribution in [3.8, 4) is 0 Å². The number of fused-ring (bicyclic) bond motifs is 1. The van der Waals surface area contributed by atoms with Crippen molar-refractivity contribution in [2.75, 3.05) is 5.32 Å². The fourth-order valence-corrected chi connectivity index (χ4v) is 3.18. The summed E-state index contributed by atoms with van der Waals surface area (Å²) in [7, 11) is 0. The van der Waals surface area contributed by atoms with Crippen molar-refractivity contribution in [2.24, 2.45) is 0 Å². The molecule has 0 atom stereocenters. The van der Waals surface area contributed by atoms with Gasteiger partial charge in [0.25, 0.3) is 11.8 Å². The van der Waals surface area contributed by atoms with Gasteiger partial charge in [-0.1, -0.05) is 54.1 Å². The second kappa shape index (κ2) is 8.49. The van der Waals surface area contributed by atoms with E-state index in [1.54, 1.807) is 30.3 Å². The monoisotopic (exact) mass is 396 g/mol. The molecule has 0 spiro atoms. The summed E-state index contributed by atoms with van der Waals surface area (Å²) in [6.45, 7) is 1.91. The van der Waals surface area contributed by atoms with E-state index in [4.69, 9.17) is 4.42 Å². The number of hydrogen-bond acceptors (Lipinski definition) is 3. The van der Waals surface area contributed by atoms with E-state index in [0.29, 0.717) is 17.0 Å². The standard InChI is InChI=1S/C25H20N2O3/c1-17-7-4-10-19(15-17)24(28)27-23(16-20-11-6-14-30-20)25(29)26-22-13-5-9-18-8-2-3-12-21(18)22/h2-16H,1H3,(H,26,29)(H,27,28)/b23-16-. The molecule has 0 aliphatic rings. The van der Waals surface area contributed by atoms with E-state index in [1.807, 2.05) is 55.5 Å². The van der Waals surface area contributed by atoms with Crippen LogP contribution in [0.5, 0.6) is 0 Å². The first kappa shape index (κ1) is 19.2. The van der Waals surface area contributed by atoms with E-state index >= 15 is 0 Å². The van der Waals surface area contributed by atoms with Crippen LogP contribution in [-0.2, 0) is 4.79 Å². The zero-order chi connectivity index (χ0) is 20.9. The van der Waals surface area contributed by atoms with Gasteiger partial charge in [0.15, 0.2) is 0 Å². The number of furan rings is 1. The van der Waals surface area contributed by atoms with Crippen molar-refractivity contribution in [3.05, 3.63) is 108 Å². The molecule has 0 fully saturated rings. The third-order valence-electron chi connectivity index (χ3n) is 4.64. The van der Waals surface area contributed by atoms with Gasteiger partial charge in [0, 0.05) is 22.7 Å². The van der Waals surface area contributed by atoms with Gasteiger partial charge in [0.05, 0.1) is 6.26 Å². The number of aryl methyl sites for hydroxylation is 1. The lowest BCUT2D eigenvalue weighted by atomic mass is 10.1. The number of anilines is 1. The molecule has 3 aromatic carbocycles. The molecular weight excluding hydrogens is 376 g/mol. The Morgan fingerprint density at radius 3 is 2.50 bits per heavy atom. The minimum absolute atomic E-state index is 0.0874. The maximum atomic E-state index is 13.1. The molecule has 2 amide bonds. The first-order valence-corrected chi connectivity index (χ1v) is 9.52. The topological polar surface area (TPSA) is 71.3 Å². The molecule has 1 aromatic heterocycles. The molecule has 4 rings (SSSR count). The van der Waals surface area contributed by atoms with Gasteiger partial charge < -0.3 is 15.1 Å². The smallest absolute Gasteiger partial charge is 0.272 e. The van der Waals surface area contributed by atoms with E-state index < -0.39 is 5.91 Å². The molecule has 5 nitrogen and oxygen atoms in total. The van der Waals surface area contributed by atoms with E-state index in [0.717, 1.165) is 16.3 Å². The summed E-state index contributed by atoms with van der Waals surface area (Å²) < 4.78 is 5.33. The highest BCUT2D eigenvalue weighted by Gasteiger charge is 2.16. The molecule has 5 heteroatoms. The Morgan fingerprint density at radius 1 is 0.900 bits per heavy atom. The van der Waals surface area contributed by atoms with Crippen LogP contribution in [0, 0.1) is 6.92 Å². The Morgan fingerprint density at radius 2 is 1.70 bits per heavy atom. The van der Waals surface area contributed by atoms with Crippen molar-refractivity contribution >= 4 is 34.4 Å². The zero-order valence-corrected chi connectivity index (χ0v) is 16.4. The summed E-state index contributed by atoms with van der Waals surface area (Å²) >= 11 is 0. The number of hydrogen-bond donors (Lipinski definition) is 2. The summed E-state index contributed by atoms with van der Waals surface area (Å²) in [6.07, 6.45) is 3.02.